The summed E-state index contributed by atoms with van der Waals surface area (Å²) in [4.78, 5) is 13.9. The van der Waals surface area contributed by atoms with Crippen LogP contribution in [0.4, 0.5) is 0 Å². The zero-order chi connectivity index (χ0) is 19.9. The average Bonchev–Trinajstić information content (AvgIpc) is 2.82. The number of aromatic nitrogens is 3. The minimum absolute atomic E-state index is 0.234. The van der Waals surface area contributed by atoms with E-state index in [1.54, 1.807) is 6.20 Å². The lowest BCUT2D eigenvalue weighted by atomic mass is 9.90. The van der Waals surface area contributed by atoms with Crippen molar-refractivity contribution in [3.63, 3.8) is 0 Å². The Morgan fingerprint density at radius 3 is 2.80 bits per heavy atom. The molecule has 0 amide bonds. The van der Waals surface area contributed by atoms with Crippen LogP contribution in [0.1, 0.15) is 45.6 Å². The Hall–Kier alpha value is -2.99. The molecule has 6 heterocycles. The van der Waals surface area contributed by atoms with E-state index >= 15 is 0 Å². The van der Waals surface area contributed by atoms with Gasteiger partial charge in [0.2, 0.25) is 0 Å². The van der Waals surface area contributed by atoms with Crippen LogP contribution >= 0.6 is 0 Å². The van der Waals surface area contributed by atoms with E-state index in [9.17, 15) is 0 Å². The van der Waals surface area contributed by atoms with Crippen molar-refractivity contribution < 1.29 is 14.2 Å². The maximum atomic E-state index is 6.08. The Bertz CT molecular complexity index is 1100. The summed E-state index contributed by atoms with van der Waals surface area (Å²) in [5, 5.41) is 0. The quantitative estimate of drug-likeness (QED) is 0.656. The van der Waals surface area contributed by atoms with Crippen LogP contribution in [-0.4, -0.2) is 34.8 Å². The van der Waals surface area contributed by atoms with Gasteiger partial charge in [0.05, 0.1) is 37.8 Å². The first-order chi connectivity index (χ1) is 14.8. The number of ether oxygens (including phenoxy) is 3. The third-order valence-corrected chi connectivity index (χ3v) is 6.32. The van der Waals surface area contributed by atoms with Gasteiger partial charge in [-0.25, -0.2) is 0 Å². The molecule has 6 heteroatoms. The van der Waals surface area contributed by atoms with Gasteiger partial charge < -0.3 is 14.2 Å². The van der Waals surface area contributed by atoms with Crippen molar-refractivity contribution in [3.8, 4) is 11.5 Å². The van der Waals surface area contributed by atoms with Crippen molar-refractivity contribution in [1.29, 1.82) is 0 Å². The van der Waals surface area contributed by atoms with E-state index in [-0.39, 0.29) is 11.8 Å². The van der Waals surface area contributed by atoms with Crippen molar-refractivity contribution in [3.05, 3.63) is 76.6 Å². The fraction of sp³-hybridized carbons (Fsp3) is 0.375. The van der Waals surface area contributed by atoms with Gasteiger partial charge in [0, 0.05) is 48.1 Å². The normalized spacial score (nSPS) is 22.1. The molecule has 0 aromatic carbocycles. The van der Waals surface area contributed by atoms with Crippen LogP contribution in [0.15, 0.2) is 42.9 Å². The van der Waals surface area contributed by atoms with E-state index in [0.29, 0.717) is 19.8 Å². The molecule has 0 bridgehead atoms. The summed E-state index contributed by atoms with van der Waals surface area (Å²) in [7, 11) is 0. The molecule has 3 aliphatic heterocycles. The molecular formula is C24H23N3O3. The molecule has 0 radical (unpaired) electrons. The summed E-state index contributed by atoms with van der Waals surface area (Å²) < 4.78 is 17.5. The predicted octanol–water partition coefficient (Wildman–Crippen LogP) is 3.38. The summed E-state index contributed by atoms with van der Waals surface area (Å²) in [5.74, 6) is 2.34. The van der Waals surface area contributed by atoms with Crippen LogP contribution in [0, 0.1) is 0 Å². The van der Waals surface area contributed by atoms with Gasteiger partial charge in [-0.1, -0.05) is 6.07 Å². The zero-order valence-electron chi connectivity index (χ0n) is 16.7. The number of pyridine rings is 3. The maximum Gasteiger partial charge on any atom is 0.140 e. The molecule has 2 unspecified atom stereocenters. The van der Waals surface area contributed by atoms with Crippen molar-refractivity contribution in [2.45, 2.75) is 37.7 Å². The van der Waals surface area contributed by atoms with Gasteiger partial charge in [-0.15, -0.1) is 0 Å². The lowest BCUT2D eigenvalue weighted by Gasteiger charge is -2.28. The van der Waals surface area contributed by atoms with E-state index in [0.717, 1.165) is 60.0 Å². The highest BCUT2D eigenvalue weighted by Gasteiger charge is 2.27. The third-order valence-electron chi connectivity index (χ3n) is 6.32. The molecule has 6 rings (SSSR count). The standard InChI is InChI=1S/C24H23N3O3/c1-2-24-21(27-20(1)19-8-17-10-25-5-3-23(17)29-13-19)9-18(12-30-24)16-7-15-4-6-28-14-22(15)26-11-16/h1-3,5,7,10-11,18-19H,4,6,8-9,12-14H2. The van der Waals surface area contributed by atoms with Crippen molar-refractivity contribution in [1.82, 2.24) is 15.0 Å². The summed E-state index contributed by atoms with van der Waals surface area (Å²) in [6, 6.07) is 8.36. The zero-order valence-corrected chi connectivity index (χ0v) is 16.7. The van der Waals surface area contributed by atoms with Gasteiger partial charge in [0.1, 0.15) is 11.5 Å². The highest BCUT2D eigenvalue weighted by Crippen LogP contribution is 2.35. The fourth-order valence-corrected chi connectivity index (χ4v) is 4.60. The number of nitrogens with zero attached hydrogens (tertiary/aromatic N) is 3. The summed E-state index contributed by atoms with van der Waals surface area (Å²) >= 11 is 0. The molecule has 6 nitrogen and oxygen atoms in total. The minimum Gasteiger partial charge on any atom is -0.492 e. The van der Waals surface area contributed by atoms with E-state index in [2.05, 4.69) is 28.2 Å². The number of hydrogen-bond acceptors (Lipinski definition) is 6. The Labute approximate surface area is 175 Å². The Kier molecular flexibility index (Phi) is 4.38. The molecule has 0 N–H and O–H groups in total. The van der Waals surface area contributed by atoms with E-state index < -0.39 is 0 Å². The fourth-order valence-electron chi connectivity index (χ4n) is 4.60. The highest BCUT2D eigenvalue weighted by molar-refractivity contribution is 5.39. The van der Waals surface area contributed by atoms with Gasteiger partial charge in [-0.2, -0.15) is 0 Å². The second kappa shape index (κ2) is 7.36. The molecule has 3 aromatic rings. The first-order valence-corrected chi connectivity index (χ1v) is 10.6. The highest BCUT2D eigenvalue weighted by atomic mass is 16.5. The number of rotatable bonds is 2. The largest absolute Gasteiger partial charge is 0.492 e. The predicted molar refractivity (Wildman–Crippen MR) is 110 cm³/mol. The summed E-state index contributed by atoms with van der Waals surface area (Å²) in [6.07, 6.45) is 8.35. The molecule has 152 valence electrons. The molecule has 2 atom stereocenters. The smallest absolute Gasteiger partial charge is 0.140 e. The van der Waals surface area contributed by atoms with Crippen LogP contribution in [0.2, 0.25) is 0 Å². The molecule has 0 fully saturated rings. The molecule has 0 saturated carbocycles. The summed E-state index contributed by atoms with van der Waals surface area (Å²) in [6.45, 7) is 2.70. The number of fused-ring (bicyclic) bond motifs is 3. The number of hydrogen-bond donors (Lipinski definition) is 0. The Morgan fingerprint density at radius 1 is 0.867 bits per heavy atom. The minimum atomic E-state index is 0.234. The van der Waals surface area contributed by atoms with Crippen LogP contribution in [0.5, 0.6) is 11.5 Å². The van der Waals surface area contributed by atoms with Crippen LogP contribution in [0.25, 0.3) is 0 Å². The topological polar surface area (TPSA) is 66.4 Å². The lowest BCUT2D eigenvalue weighted by Crippen LogP contribution is -2.24. The van der Waals surface area contributed by atoms with E-state index in [4.69, 9.17) is 19.2 Å². The molecule has 3 aromatic heterocycles. The monoisotopic (exact) mass is 401 g/mol. The molecule has 0 saturated heterocycles. The first-order valence-electron chi connectivity index (χ1n) is 10.6. The van der Waals surface area contributed by atoms with E-state index in [1.165, 1.54) is 11.1 Å². The first kappa shape index (κ1) is 17.8. The average molecular weight is 401 g/mol. The second-order valence-electron chi connectivity index (χ2n) is 8.27. The molecular weight excluding hydrogens is 378 g/mol. The SMILES string of the molecule is c1cc2c(cn1)CC(c1ccc3c(n1)CC(c1cnc4c(c1)CCOC4)CO3)CO2. The van der Waals surface area contributed by atoms with Gasteiger partial charge in [-0.05, 0) is 42.2 Å². The van der Waals surface area contributed by atoms with Gasteiger partial charge in [0.15, 0.2) is 0 Å². The lowest BCUT2D eigenvalue weighted by molar-refractivity contribution is 0.107. The second-order valence-corrected chi connectivity index (χ2v) is 8.27. The third kappa shape index (κ3) is 3.21. The Morgan fingerprint density at radius 2 is 1.80 bits per heavy atom. The van der Waals surface area contributed by atoms with Crippen molar-refractivity contribution in [2.75, 3.05) is 19.8 Å². The Balaban J connectivity index is 1.24. The molecule has 0 aliphatic carbocycles. The van der Waals surface area contributed by atoms with Gasteiger partial charge in [-0.3, -0.25) is 15.0 Å². The van der Waals surface area contributed by atoms with Crippen molar-refractivity contribution >= 4 is 0 Å². The van der Waals surface area contributed by atoms with E-state index in [1.807, 2.05) is 18.5 Å². The van der Waals surface area contributed by atoms with Crippen LogP contribution in [0.3, 0.4) is 0 Å². The van der Waals surface area contributed by atoms with Crippen molar-refractivity contribution in [2.24, 2.45) is 0 Å². The van der Waals surface area contributed by atoms with Gasteiger partial charge >= 0.3 is 0 Å². The molecule has 30 heavy (non-hydrogen) atoms. The van der Waals surface area contributed by atoms with Crippen LogP contribution < -0.4 is 9.47 Å². The molecule has 0 spiro atoms. The molecule has 3 aliphatic rings. The maximum absolute atomic E-state index is 6.08. The van der Waals surface area contributed by atoms with Gasteiger partial charge in [0.25, 0.3) is 0 Å². The van der Waals surface area contributed by atoms with Crippen LogP contribution in [-0.2, 0) is 30.6 Å². The summed E-state index contributed by atoms with van der Waals surface area (Å²) in [5.41, 5.74) is 6.84.